The van der Waals surface area contributed by atoms with Gasteiger partial charge in [-0.25, -0.2) is 0 Å². The van der Waals surface area contributed by atoms with Crippen molar-refractivity contribution in [2.75, 3.05) is 0 Å². The molecule has 0 aliphatic carbocycles. The van der Waals surface area contributed by atoms with Crippen LogP contribution in [0.5, 0.6) is 0 Å². The van der Waals surface area contributed by atoms with E-state index in [4.69, 9.17) is 0 Å². The molecule has 0 aliphatic rings. The second-order valence-electron chi connectivity index (χ2n) is 18.2. The molecule has 0 unspecified atom stereocenters. The summed E-state index contributed by atoms with van der Waals surface area (Å²) in [5.74, 6) is 5.60. The third kappa shape index (κ3) is 17.9. The molecule has 0 fully saturated rings. The number of nitrogens with zero attached hydrogens (tertiary/aromatic N) is 28. The first-order valence-corrected chi connectivity index (χ1v) is 26.6. The number of aromatic amines is 10. The van der Waals surface area contributed by atoms with E-state index < -0.39 is 0 Å². The predicted octanol–water partition coefficient (Wildman–Crippen LogP) is 2.20. The Morgan fingerprint density at radius 3 is 0.791 bits per heavy atom. The molecule has 434 valence electrons. The highest BCUT2D eigenvalue weighted by molar-refractivity contribution is 5.70. The summed E-state index contributed by atoms with van der Waals surface area (Å²) < 4.78 is 0. The highest BCUT2D eigenvalue weighted by Gasteiger charge is 2.09. The molecule has 86 heavy (non-hydrogen) atoms. The Morgan fingerprint density at radius 1 is 0.233 bits per heavy atom. The lowest BCUT2D eigenvalue weighted by molar-refractivity contribution is 0.621. The van der Waals surface area contributed by atoms with Gasteiger partial charge in [-0.1, -0.05) is 141 Å². The first-order chi connectivity index (χ1) is 42.6. The van der Waals surface area contributed by atoms with E-state index in [0.717, 1.165) is 143 Å². The van der Waals surface area contributed by atoms with Crippen LogP contribution in [0.4, 0.5) is 0 Å². The summed E-state index contributed by atoms with van der Waals surface area (Å²) >= 11 is 0. The summed E-state index contributed by atoms with van der Waals surface area (Å²) in [5, 5.41) is 131. The van der Waals surface area contributed by atoms with Gasteiger partial charge in [-0.05, 0) is 58.4 Å². The Kier molecular flexibility index (Phi) is 20.6. The zero-order chi connectivity index (χ0) is 58.5. The second-order valence-corrected chi connectivity index (χ2v) is 18.2. The Bertz CT molecular complexity index is 3610. The van der Waals surface area contributed by atoms with E-state index >= 15 is 0 Å². The molecule has 0 radical (unpaired) electrons. The maximum Gasteiger partial charge on any atom is 0.204 e. The van der Waals surface area contributed by atoms with Crippen LogP contribution in [0.1, 0.15) is 84.6 Å². The summed E-state index contributed by atoms with van der Waals surface area (Å²) in [5.41, 5.74) is 9.99. The fourth-order valence-corrected chi connectivity index (χ4v) is 7.98. The van der Waals surface area contributed by atoms with Gasteiger partial charge in [-0.15, -0.1) is 81.6 Å². The van der Waals surface area contributed by atoms with Gasteiger partial charge in [0, 0.05) is 60.8 Å². The molecule has 10 heterocycles. The van der Waals surface area contributed by atoms with Crippen molar-refractivity contribution in [2.45, 2.75) is 77.0 Å². The minimum Gasteiger partial charge on any atom is -0.197 e. The molecule has 38 heteroatoms. The molecule has 14 aromatic rings. The lowest BCUT2D eigenvalue weighted by Gasteiger charge is -2.03. The van der Waals surface area contributed by atoms with Crippen LogP contribution >= 0.6 is 0 Å². The second kappa shape index (κ2) is 31.1. The van der Waals surface area contributed by atoms with Gasteiger partial charge in [0.25, 0.3) is 0 Å². The number of H-pyrrole nitrogens is 10. The van der Waals surface area contributed by atoms with Gasteiger partial charge in [0.05, 0.1) is 12.4 Å². The predicted molar refractivity (Wildman–Crippen MR) is 295 cm³/mol. The fourth-order valence-electron chi connectivity index (χ4n) is 7.98. The minimum absolute atomic E-state index is 0.582. The summed E-state index contributed by atoms with van der Waals surface area (Å²) in [4.78, 5) is 0. The number of benzene rings is 4. The molecule has 10 aromatic heterocycles. The van der Waals surface area contributed by atoms with Crippen LogP contribution in [0.3, 0.4) is 0 Å². The van der Waals surface area contributed by atoms with Crippen molar-refractivity contribution in [2.24, 2.45) is 0 Å². The van der Waals surface area contributed by atoms with Crippen molar-refractivity contribution >= 4 is 0 Å². The van der Waals surface area contributed by atoms with Gasteiger partial charge in [0.2, 0.25) is 11.6 Å². The SMILES string of the molecule is C(CCCc1nn[nH]n1)CCc1nn[nH]n1.C(CCc1nn[nH]n1)Cc1nn[nH]n1.c1cc(-c2cn[nH]n2)ccc1-c1cn[nH]n1.c1cc(-c2nn[nH]n2)ccc1-c1ccc(-c2nn[nH]n2)cc1.c1cc(Cc2nn[nH]n2)ccc1Cc1nn[nH]n1. The van der Waals surface area contributed by atoms with E-state index in [0.29, 0.717) is 36.1 Å². The van der Waals surface area contributed by atoms with Gasteiger partial charge in [-0.2, -0.15) is 72.5 Å². The largest absolute Gasteiger partial charge is 0.204 e. The maximum atomic E-state index is 4.01. The number of nitrogens with one attached hydrogen (secondary N) is 10. The van der Waals surface area contributed by atoms with E-state index in [1.165, 1.54) is 0 Å². The maximum absolute atomic E-state index is 4.01. The number of tetrazole rings is 8. The molecule has 0 bridgehead atoms. The van der Waals surface area contributed by atoms with Crippen LogP contribution in [0, 0.1) is 0 Å². The Labute approximate surface area is 483 Å². The molecule has 38 nitrogen and oxygen atoms in total. The topological polar surface area (TPSA) is 519 Å². The number of hydrogen-bond donors (Lipinski definition) is 10. The van der Waals surface area contributed by atoms with Gasteiger partial charge < -0.3 is 0 Å². The average molecular weight is 1160 g/mol. The number of aryl methyl sites for hydroxylation is 4. The molecule has 10 N–H and O–H groups in total. The number of aromatic nitrogens is 38. The highest BCUT2D eigenvalue weighted by Crippen LogP contribution is 2.25. The number of hydrogen-bond acceptors (Lipinski definition) is 28. The molecule has 14 rings (SSSR count). The van der Waals surface area contributed by atoms with E-state index in [-0.39, 0.29) is 0 Å². The third-order valence-corrected chi connectivity index (χ3v) is 12.3. The molecular weight excluding hydrogens is 1110 g/mol. The van der Waals surface area contributed by atoms with Gasteiger partial charge in [0.1, 0.15) is 11.4 Å². The molecule has 0 saturated heterocycles. The van der Waals surface area contributed by atoms with Crippen LogP contribution in [0.15, 0.2) is 109 Å². The Balaban J connectivity index is 0.000000120. The molecule has 0 aliphatic heterocycles. The molecule has 0 amide bonds. The van der Waals surface area contributed by atoms with Crippen molar-refractivity contribution in [3.63, 3.8) is 0 Å². The summed E-state index contributed by atoms with van der Waals surface area (Å²) in [6.45, 7) is 0. The third-order valence-electron chi connectivity index (χ3n) is 12.3. The standard InChI is InChI=1S/C14H10N8.C10H10N8.C10H8N6.C8H14N8.C6H10N8/c1-5-11(13-15-19-20-16-13)6-2-9(1)10-3-7-12(8-4-10)14-17-21-22-18-14;1-2-8(6-10-13-17-18-14-10)4-3-7(1)5-9-11-15-16-12-9;1-2-8(10-6-12-16-14-10)4-3-7(1)9-5-11-15-13-9;1(3-5-7-9-13-14-10-7)2-4-6-8-11-15-16-12-8;1(3-5-7-11-12-8-5)2-4-6-9-13-14-10-6/h1-8H,(H,15,16,19,20)(H,17,18,21,22);1-4H,5-6H2,(H,11,12,15,16)(H,13,14,17,18);1-6H,(H,11,13,15)(H,12,14,16);1-6H2,(H,9,10,13,14)(H,11,12,15,16);1-4H2,(H,7,8,11,12)(H,9,10,13,14). The van der Waals surface area contributed by atoms with E-state index in [1.807, 2.05) is 97.1 Å². The summed E-state index contributed by atoms with van der Waals surface area (Å²) in [7, 11) is 0. The Hall–Kier alpha value is -12.3. The number of rotatable bonds is 21. The quantitative estimate of drug-likeness (QED) is 0.0461. The van der Waals surface area contributed by atoms with Crippen LogP contribution in [-0.4, -0.2) is 196 Å². The van der Waals surface area contributed by atoms with Crippen molar-refractivity contribution < 1.29 is 0 Å². The molecule has 4 aromatic carbocycles. The van der Waals surface area contributed by atoms with Gasteiger partial charge in [0.15, 0.2) is 34.9 Å². The van der Waals surface area contributed by atoms with E-state index in [1.54, 1.807) is 12.4 Å². The molecule has 0 spiro atoms. The zero-order valence-corrected chi connectivity index (χ0v) is 45.4. The van der Waals surface area contributed by atoms with Crippen LogP contribution in [0.2, 0.25) is 0 Å². The Morgan fingerprint density at radius 2 is 0.512 bits per heavy atom. The molecular formula is C48H52N38. The monoisotopic (exact) mass is 1160 g/mol. The average Bonchev–Trinajstić information content (AvgIpc) is 4.51. The van der Waals surface area contributed by atoms with Crippen molar-refractivity contribution in [1.82, 2.24) is 196 Å². The summed E-state index contributed by atoms with van der Waals surface area (Å²) in [6, 6.07) is 32.0. The fraction of sp³-hybridized carbons (Fsp3) is 0.250. The van der Waals surface area contributed by atoms with Gasteiger partial charge >= 0.3 is 0 Å². The summed E-state index contributed by atoms with van der Waals surface area (Å²) in [6.07, 6.45) is 14.6. The smallest absolute Gasteiger partial charge is 0.197 e. The van der Waals surface area contributed by atoms with Crippen molar-refractivity contribution in [1.29, 1.82) is 0 Å². The van der Waals surface area contributed by atoms with Crippen molar-refractivity contribution in [3.05, 3.63) is 156 Å². The first-order valence-electron chi connectivity index (χ1n) is 26.6. The number of unbranched alkanes of at least 4 members (excludes halogenated alkanes) is 4. The van der Waals surface area contributed by atoms with Crippen molar-refractivity contribution in [3.8, 4) is 56.4 Å². The zero-order valence-electron chi connectivity index (χ0n) is 45.4. The first kappa shape index (κ1) is 57.0. The van der Waals surface area contributed by atoms with E-state index in [2.05, 4.69) is 196 Å². The van der Waals surface area contributed by atoms with E-state index in [9.17, 15) is 0 Å². The molecule has 0 saturated carbocycles. The van der Waals surface area contributed by atoms with Gasteiger partial charge in [-0.3, -0.25) is 0 Å². The van der Waals surface area contributed by atoms with Crippen LogP contribution in [0.25, 0.3) is 56.4 Å². The lowest BCUT2D eigenvalue weighted by atomic mass is 10.0. The minimum atomic E-state index is 0.582. The van der Waals surface area contributed by atoms with Crippen LogP contribution < -0.4 is 0 Å². The lowest BCUT2D eigenvalue weighted by Crippen LogP contribution is -1.94. The highest BCUT2D eigenvalue weighted by atomic mass is 15.5. The normalized spacial score (nSPS) is 10.7. The van der Waals surface area contributed by atoms with Crippen LogP contribution in [-0.2, 0) is 38.5 Å². The molecule has 0 atom stereocenters.